The van der Waals surface area contributed by atoms with E-state index >= 15 is 0 Å². The molecule has 202 valence electrons. The summed E-state index contributed by atoms with van der Waals surface area (Å²) in [5.41, 5.74) is 2.13. The fourth-order valence-corrected chi connectivity index (χ4v) is 5.52. The van der Waals surface area contributed by atoms with Crippen LogP contribution in [0.15, 0.2) is 71.6 Å². The topological polar surface area (TPSA) is 94.2 Å². The van der Waals surface area contributed by atoms with Crippen molar-refractivity contribution in [2.45, 2.75) is 44.1 Å². The van der Waals surface area contributed by atoms with Crippen molar-refractivity contribution in [1.29, 1.82) is 0 Å². The van der Waals surface area contributed by atoms with Gasteiger partial charge in [-0.25, -0.2) is 8.42 Å². The molecule has 0 aromatic heterocycles. The largest absolute Gasteiger partial charge is 0.497 e. The molecule has 0 aliphatic carbocycles. The summed E-state index contributed by atoms with van der Waals surface area (Å²) >= 11 is 0. The minimum Gasteiger partial charge on any atom is -0.497 e. The number of hydrogen-bond donors (Lipinski definition) is 1. The number of sulfonamides is 1. The molecule has 0 saturated carbocycles. The molecule has 38 heavy (non-hydrogen) atoms. The van der Waals surface area contributed by atoms with Crippen LogP contribution in [-0.2, 0) is 20.2 Å². The summed E-state index contributed by atoms with van der Waals surface area (Å²) in [5.74, 6) is 1.29. The number of benzene rings is 3. The van der Waals surface area contributed by atoms with Crippen LogP contribution in [0.3, 0.4) is 0 Å². The van der Waals surface area contributed by atoms with Crippen molar-refractivity contribution in [3.05, 3.63) is 77.9 Å². The number of nitrogens with zero attached hydrogens (tertiary/aromatic N) is 1. The van der Waals surface area contributed by atoms with Gasteiger partial charge in [0, 0.05) is 0 Å². The Kier molecular flexibility index (Phi) is 7.87. The summed E-state index contributed by atoms with van der Waals surface area (Å²) < 4.78 is 45.6. The zero-order valence-corrected chi connectivity index (χ0v) is 23.2. The number of carbonyl (C=O) groups is 1. The molecule has 3 aromatic rings. The Morgan fingerprint density at radius 3 is 2.32 bits per heavy atom. The highest BCUT2D eigenvalue weighted by Gasteiger charge is 2.38. The van der Waals surface area contributed by atoms with Gasteiger partial charge >= 0.3 is 0 Å². The van der Waals surface area contributed by atoms with E-state index in [4.69, 9.17) is 14.2 Å². The van der Waals surface area contributed by atoms with Gasteiger partial charge in [-0.05, 0) is 66.4 Å². The minimum absolute atomic E-state index is 0.151. The number of nitrogens with one attached hydrogen (secondary N) is 1. The third kappa shape index (κ3) is 6.05. The van der Waals surface area contributed by atoms with Crippen molar-refractivity contribution < 1.29 is 27.4 Å². The van der Waals surface area contributed by atoms with E-state index in [1.165, 1.54) is 4.31 Å². The highest BCUT2D eigenvalue weighted by Crippen LogP contribution is 2.40. The third-order valence-corrected chi connectivity index (χ3v) is 8.12. The van der Waals surface area contributed by atoms with E-state index in [1.54, 1.807) is 61.7 Å². The molecule has 4 rings (SSSR count). The van der Waals surface area contributed by atoms with Crippen LogP contribution in [0.4, 0.5) is 5.69 Å². The van der Waals surface area contributed by atoms with E-state index in [9.17, 15) is 13.2 Å². The Balaban J connectivity index is 1.52. The van der Waals surface area contributed by atoms with Gasteiger partial charge in [-0.3, -0.25) is 9.10 Å². The minimum atomic E-state index is -3.95. The highest BCUT2D eigenvalue weighted by atomic mass is 32.2. The number of aryl methyl sites for hydroxylation is 1. The average molecular weight is 539 g/mol. The molecule has 0 fully saturated rings. The first-order chi connectivity index (χ1) is 18.0. The monoisotopic (exact) mass is 538 g/mol. The zero-order chi connectivity index (χ0) is 27.5. The van der Waals surface area contributed by atoms with Gasteiger partial charge in [0.15, 0.2) is 6.10 Å². The molecule has 0 saturated heterocycles. The second-order valence-corrected chi connectivity index (χ2v) is 12.1. The molecule has 0 bridgehead atoms. The summed E-state index contributed by atoms with van der Waals surface area (Å²) in [7, 11) is -2.36. The van der Waals surface area contributed by atoms with Crippen molar-refractivity contribution in [2.75, 3.05) is 31.1 Å². The van der Waals surface area contributed by atoms with Crippen LogP contribution < -0.4 is 23.8 Å². The number of rotatable bonds is 8. The van der Waals surface area contributed by atoms with E-state index in [0.717, 1.165) is 16.9 Å². The summed E-state index contributed by atoms with van der Waals surface area (Å²) in [6.07, 6.45) is -1.02. The lowest BCUT2D eigenvalue weighted by atomic mass is 9.86. The first kappa shape index (κ1) is 27.3. The number of hydrogen-bond acceptors (Lipinski definition) is 6. The average Bonchev–Trinajstić information content (AvgIpc) is 2.90. The van der Waals surface area contributed by atoms with Crippen molar-refractivity contribution in [1.82, 2.24) is 5.32 Å². The van der Waals surface area contributed by atoms with Crippen molar-refractivity contribution in [2.24, 2.45) is 0 Å². The van der Waals surface area contributed by atoms with Crippen molar-refractivity contribution >= 4 is 21.6 Å². The van der Waals surface area contributed by atoms with E-state index in [1.807, 2.05) is 19.1 Å². The van der Waals surface area contributed by atoms with Gasteiger partial charge in [0.2, 0.25) is 0 Å². The van der Waals surface area contributed by atoms with Gasteiger partial charge < -0.3 is 19.5 Å². The number of ether oxygens (including phenoxy) is 3. The van der Waals surface area contributed by atoms with Gasteiger partial charge in [-0.15, -0.1) is 0 Å². The fraction of sp³-hybridized carbons (Fsp3) is 0.345. The molecule has 0 spiro atoms. The van der Waals surface area contributed by atoms with Crippen LogP contribution in [-0.4, -0.2) is 47.2 Å². The van der Waals surface area contributed by atoms with Crippen molar-refractivity contribution in [3.8, 4) is 17.2 Å². The SMILES string of the molecule is COc1ccc(OCCNC(=O)C2CN(S(=O)(=O)c3ccc(C)cc3)c3cc(C(C)(C)C)ccc3O2)cc1. The lowest BCUT2D eigenvalue weighted by Crippen LogP contribution is -2.51. The third-order valence-electron chi connectivity index (χ3n) is 6.33. The summed E-state index contributed by atoms with van der Waals surface area (Å²) in [6.45, 7) is 8.38. The summed E-state index contributed by atoms with van der Waals surface area (Å²) in [6, 6.07) is 19.3. The summed E-state index contributed by atoms with van der Waals surface area (Å²) in [4.78, 5) is 13.2. The first-order valence-corrected chi connectivity index (χ1v) is 13.9. The van der Waals surface area contributed by atoms with Crippen LogP contribution >= 0.6 is 0 Å². The molecule has 1 heterocycles. The number of fused-ring (bicyclic) bond motifs is 1. The van der Waals surface area contributed by atoms with E-state index in [-0.39, 0.29) is 30.0 Å². The molecule has 0 radical (unpaired) electrons. The quantitative estimate of drug-likeness (QED) is 0.426. The first-order valence-electron chi connectivity index (χ1n) is 12.4. The number of amides is 1. The number of carbonyl (C=O) groups excluding carboxylic acids is 1. The standard InChI is InChI=1S/C29H34N2O6S/c1-20-6-13-24(14-7-20)38(33,34)31-19-27(37-26-15-8-21(18-25(26)31)29(2,3)4)28(32)30-16-17-36-23-11-9-22(35-5)10-12-23/h6-15,18,27H,16-17,19H2,1-5H3,(H,30,32). The Morgan fingerprint density at radius 2 is 1.68 bits per heavy atom. The van der Waals surface area contributed by atoms with Gasteiger partial charge in [-0.1, -0.05) is 44.5 Å². The fourth-order valence-electron chi connectivity index (χ4n) is 4.05. The molecular formula is C29H34N2O6S. The predicted molar refractivity (Wildman–Crippen MR) is 147 cm³/mol. The normalized spacial score (nSPS) is 15.3. The molecule has 1 aliphatic heterocycles. The Bertz CT molecular complexity index is 1380. The molecule has 1 atom stereocenters. The second-order valence-electron chi connectivity index (χ2n) is 10.2. The maximum Gasteiger partial charge on any atom is 0.264 e. The maximum atomic E-state index is 13.8. The number of methoxy groups -OCH3 is 1. The van der Waals surface area contributed by atoms with Crippen LogP contribution in [0.5, 0.6) is 17.2 Å². The molecule has 3 aromatic carbocycles. The molecule has 8 nitrogen and oxygen atoms in total. The molecule has 9 heteroatoms. The van der Waals surface area contributed by atoms with E-state index in [0.29, 0.717) is 17.2 Å². The lowest BCUT2D eigenvalue weighted by molar-refractivity contribution is -0.127. The van der Waals surface area contributed by atoms with E-state index in [2.05, 4.69) is 26.1 Å². The lowest BCUT2D eigenvalue weighted by Gasteiger charge is -2.36. The van der Waals surface area contributed by atoms with Crippen LogP contribution in [0.25, 0.3) is 0 Å². The van der Waals surface area contributed by atoms with Gasteiger partial charge in [0.1, 0.15) is 23.9 Å². The molecular weight excluding hydrogens is 504 g/mol. The van der Waals surface area contributed by atoms with E-state index < -0.39 is 22.0 Å². The Morgan fingerprint density at radius 1 is 1.03 bits per heavy atom. The zero-order valence-electron chi connectivity index (χ0n) is 22.4. The van der Waals surface area contributed by atoms with Crippen LogP contribution in [0, 0.1) is 6.92 Å². The maximum absolute atomic E-state index is 13.8. The second kappa shape index (κ2) is 10.9. The number of anilines is 1. The van der Waals surface area contributed by atoms with Crippen LogP contribution in [0.2, 0.25) is 0 Å². The Hall–Kier alpha value is -3.72. The molecule has 1 N–H and O–H groups in total. The van der Waals surface area contributed by atoms with Crippen LogP contribution in [0.1, 0.15) is 31.9 Å². The van der Waals surface area contributed by atoms with Gasteiger partial charge in [-0.2, -0.15) is 0 Å². The molecule has 1 amide bonds. The summed E-state index contributed by atoms with van der Waals surface area (Å²) in [5, 5.41) is 2.80. The van der Waals surface area contributed by atoms with Gasteiger partial charge in [0.25, 0.3) is 15.9 Å². The molecule has 1 unspecified atom stereocenters. The smallest absolute Gasteiger partial charge is 0.264 e. The highest BCUT2D eigenvalue weighted by molar-refractivity contribution is 7.92. The van der Waals surface area contributed by atoms with Crippen molar-refractivity contribution in [3.63, 3.8) is 0 Å². The molecule has 1 aliphatic rings. The predicted octanol–water partition coefficient (Wildman–Crippen LogP) is 4.45. The van der Waals surface area contributed by atoms with Gasteiger partial charge in [0.05, 0.1) is 30.8 Å². The Labute approximate surface area is 224 Å².